The molecular formula is C20H36NO+. The lowest BCUT2D eigenvalue weighted by atomic mass is 9.61. The van der Waals surface area contributed by atoms with Crippen LogP contribution in [-0.4, -0.2) is 44.4 Å². The summed E-state index contributed by atoms with van der Waals surface area (Å²) < 4.78 is 7.85. The number of quaternary nitrogens is 1. The summed E-state index contributed by atoms with van der Waals surface area (Å²) in [6.45, 7) is 6.07. The minimum atomic E-state index is 0.245. The predicted molar refractivity (Wildman–Crippen MR) is 92.7 cm³/mol. The minimum absolute atomic E-state index is 0.245. The molecule has 0 amide bonds. The molecule has 1 saturated carbocycles. The highest BCUT2D eigenvalue weighted by molar-refractivity contribution is 5.08. The number of allylic oxidation sites excluding steroid dienone is 2. The maximum Gasteiger partial charge on any atom is 0.0857 e. The van der Waals surface area contributed by atoms with Crippen LogP contribution >= 0.6 is 0 Å². The van der Waals surface area contributed by atoms with Crippen LogP contribution in [0.3, 0.4) is 0 Å². The van der Waals surface area contributed by atoms with E-state index < -0.39 is 0 Å². The Morgan fingerprint density at radius 2 is 1.77 bits per heavy atom. The zero-order valence-electron chi connectivity index (χ0n) is 15.3. The zero-order valence-corrected chi connectivity index (χ0v) is 15.3. The average Bonchev–Trinajstić information content (AvgIpc) is 2.44. The smallest absolute Gasteiger partial charge is 0.0857 e. The highest BCUT2D eigenvalue weighted by Crippen LogP contribution is 2.50. The Morgan fingerprint density at radius 3 is 2.50 bits per heavy atom. The Labute approximate surface area is 137 Å². The predicted octanol–water partition coefficient (Wildman–Crippen LogP) is 4.26. The molecule has 1 heterocycles. The molecular weight excluding hydrogens is 270 g/mol. The van der Waals surface area contributed by atoms with Crippen molar-refractivity contribution in [3.8, 4) is 0 Å². The van der Waals surface area contributed by atoms with E-state index in [2.05, 4.69) is 47.1 Å². The molecule has 0 aromatic heterocycles. The van der Waals surface area contributed by atoms with E-state index in [4.69, 9.17) is 4.74 Å². The van der Waals surface area contributed by atoms with E-state index in [0.29, 0.717) is 12.2 Å². The van der Waals surface area contributed by atoms with Gasteiger partial charge >= 0.3 is 0 Å². The van der Waals surface area contributed by atoms with Crippen molar-refractivity contribution in [2.45, 2.75) is 64.6 Å². The van der Waals surface area contributed by atoms with Crippen LogP contribution in [0.25, 0.3) is 0 Å². The van der Waals surface area contributed by atoms with Crippen molar-refractivity contribution in [3.05, 3.63) is 12.2 Å². The zero-order chi connectivity index (χ0) is 16.0. The van der Waals surface area contributed by atoms with E-state index in [1.165, 1.54) is 45.1 Å². The molecule has 0 spiro atoms. The van der Waals surface area contributed by atoms with Gasteiger partial charge in [0.05, 0.1) is 39.9 Å². The summed E-state index contributed by atoms with van der Waals surface area (Å²) in [4.78, 5) is 0. The number of ether oxygens (including phenoxy) is 1. The molecule has 2 heteroatoms. The summed E-state index contributed by atoms with van der Waals surface area (Å²) in [5.41, 5.74) is 0.245. The van der Waals surface area contributed by atoms with Crippen LogP contribution in [0.15, 0.2) is 12.2 Å². The number of nitrogens with zero attached hydrogens (tertiary/aromatic N) is 1. The molecule has 0 aromatic carbocycles. The van der Waals surface area contributed by atoms with Crippen LogP contribution in [0.4, 0.5) is 0 Å². The van der Waals surface area contributed by atoms with E-state index in [1.54, 1.807) is 0 Å². The molecule has 3 rings (SSSR count). The van der Waals surface area contributed by atoms with Gasteiger partial charge in [-0.05, 0) is 43.4 Å². The van der Waals surface area contributed by atoms with E-state index in [9.17, 15) is 0 Å². The van der Waals surface area contributed by atoms with Gasteiger partial charge in [0.1, 0.15) is 0 Å². The molecule has 3 aliphatic rings. The van der Waals surface area contributed by atoms with E-state index in [-0.39, 0.29) is 5.41 Å². The Hall–Kier alpha value is -0.340. The first-order valence-corrected chi connectivity index (χ1v) is 9.40. The normalized spacial score (nSPS) is 39.2. The number of rotatable bonds is 3. The first kappa shape index (κ1) is 16.5. The van der Waals surface area contributed by atoms with Crippen molar-refractivity contribution >= 4 is 0 Å². The van der Waals surface area contributed by atoms with Crippen molar-refractivity contribution in [1.82, 2.24) is 0 Å². The summed E-state index contributed by atoms with van der Waals surface area (Å²) in [6, 6.07) is 0. The van der Waals surface area contributed by atoms with Crippen LogP contribution < -0.4 is 0 Å². The third-order valence-corrected chi connectivity index (χ3v) is 6.13. The highest BCUT2D eigenvalue weighted by Gasteiger charge is 2.51. The molecule has 0 N–H and O–H groups in total. The molecule has 126 valence electrons. The van der Waals surface area contributed by atoms with Crippen LogP contribution in [0.1, 0.15) is 52.4 Å². The molecule has 1 saturated heterocycles. The Morgan fingerprint density at radius 1 is 1.05 bits per heavy atom. The Kier molecular flexibility index (Phi) is 4.46. The van der Waals surface area contributed by atoms with Gasteiger partial charge in [0.25, 0.3) is 0 Å². The highest BCUT2D eigenvalue weighted by atomic mass is 16.5. The quantitative estimate of drug-likeness (QED) is 0.559. The average molecular weight is 307 g/mol. The van der Waals surface area contributed by atoms with E-state index >= 15 is 0 Å². The van der Waals surface area contributed by atoms with E-state index in [1.807, 2.05) is 0 Å². The summed E-state index contributed by atoms with van der Waals surface area (Å²) in [7, 11) is 6.94. The second-order valence-corrected chi connectivity index (χ2v) is 9.73. The molecule has 2 fully saturated rings. The number of hydrogen-bond donors (Lipinski definition) is 0. The van der Waals surface area contributed by atoms with Crippen molar-refractivity contribution < 1.29 is 9.22 Å². The van der Waals surface area contributed by atoms with Gasteiger partial charge in [-0.2, -0.15) is 0 Å². The van der Waals surface area contributed by atoms with Gasteiger partial charge in [-0.3, -0.25) is 0 Å². The number of hydrogen-bond acceptors (Lipinski definition) is 1. The lowest BCUT2D eigenvalue weighted by molar-refractivity contribution is -0.877. The first-order chi connectivity index (χ1) is 10.3. The molecule has 2 aliphatic carbocycles. The molecule has 5 atom stereocenters. The standard InChI is InChI=1S/C20H36NO/c1-20(2,14-21(3,4)5)19-17-12-7-6-10-15(17)16-11-8-9-13-18(16)22-19/h6,10,15-19H,7-9,11-14H2,1-5H3/q+1/t15-,16-,17-,18-,19-/m1/s1. The van der Waals surface area contributed by atoms with Crippen LogP contribution in [0, 0.1) is 23.2 Å². The van der Waals surface area contributed by atoms with Crippen LogP contribution in [-0.2, 0) is 4.74 Å². The maximum absolute atomic E-state index is 6.83. The Balaban J connectivity index is 1.85. The monoisotopic (exact) mass is 306 g/mol. The Bertz CT molecular complexity index is 420. The second kappa shape index (κ2) is 5.94. The minimum Gasteiger partial charge on any atom is -0.374 e. The van der Waals surface area contributed by atoms with Crippen molar-refractivity contribution in [3.63, 3.8) is 0 Å². The van der Waals surface area contributed by atoms with Gasteiger partial charge in [0, 0.05) is 5.41 Å². The molecule has 1 aliphatic heterocycles. The number of fused-ring (bicyclic) bond motifs is 3. The fourth-order valence-electron chi connectivity index (χ4n) is 5.79. The first-order valence-electron chi connectivity index (χ1n) is 9.40. The fraction of sp³-hybridized carbons (Fsp3) is 0.900. The van der Waals surface area contributed by atoms with Gasteiger partial charge in [-0.25, -0.2) is 0 Å². The van der Waals surface area contributed by atoms with Crippen molar-refractivity contribution in [2.75, 3.05) is 27.7 Å². The second-order valence-electron chi connectivity index (χ2n) is 9.73. The van der Waals surface area contributed by atoms with Gasteiger partial charge in [-0.15, -0.1) is 0 Å². The fourth-order valence-corrected chi connectivity index (χ4v) is 5.79. The topological polar surface area (TPSA) is 9.23 Å². The largest absolute Gasteiger partial charge is 0.374 e. The molecule has 0 unspecified atom stereocenters. The maximum atomic E-state index is 6.83. The molecule has 0 aromatic rings. The van der Waals surface area contributed by atoms with Gasteiger partial charge in [0.2, 0.25) is 0 Å². The lowest BCUT2D eigenvalue weighted by Gasteiger charge is -2.54. The van der Waals surface area contributed by atoms with Gasteiger partial charge < -0.3 is 9.22 Å². The van der Waals surface area contributed by atoms with E-state index in [0.717, 1.165) is 22.2 Å². The summed E-state index contributed by atoms with van der Waals surface area (Å²) in [5, 5.41) is 0. The SMILES string of the molecule is CC(C)(C[N+](C)(C)C)[C@@H]1O[C@@H]2CCCC[C@@H]2[C@H]2C=CCC[C@H]21. The molecule has 0 bridgehead atoms. The van der Waals surface area contributed by atoms with Gasteiger partial charge in [0.15, 0.2) is 0 Å². The molecule has 22 heavy (non-hydrogen) atoms. The van der Waals surface area contributed by atoms with Gasteiger partial charge in [-0.1, -0.05) is 38.8 Å². The third kappa shape index (κ3) is 3.28. The summed E-state index contributed by atoms with van der Waals surface area (Å²) in [6.07, 6.45) is 14.0. The third-order valence-electron chi connectivity index (χ3n) is 6.13. The summed E-state index contributed by atoms with van der Waals surface area (Å²) >= 11 is 0. The lowest BCUT2D eigenvalue weighted by Crippen LogP contribution is -2.57. The van der Waals surface area contributed by atoms with Crippen LogP contribution in [0.5, 0.6) is 0 Å². The van der Waals surface area contributed by atoms with Crippen LogP contribution in [0.2, 0.25) is 0 Å². The molecule has 2 nitrogen and oxygen atoms in total. The molecule has 0 radical (unpaired) electrons. The van der Waals surface area contributed by atoms with Crippen molar-refractivity contribution in [2.24, 2.45) is 23.2 Å². The van der Waals surface area contributed by atoms with Crippen molar-refractivity contribution in [1.29, 1.82) is 0 Å². The summed E-state index contributed by atoms with van der Waals surface area (Å²) in [5.74, 6) is 2.32.